The number of fused-ring (bicyclic) bond motifs is 6. The minimum Gasteiger partial charge on any atom is -0.310 e. The van der Waals surface area contributed by atoms with Crippen LogP contribution in [-0.4, -0.2) is 0 Å². The molecule has 272 valence electrons. The fraction of sp³-hybridized carbons (Fsp3) is 0.0175. The normalized spacial score (nSPS) is 12.6. The Balaban J connectivity index is 1.11. The summed E-state index contributed by atoms with van der Waals surface area (Å²) in [7, 11) is 0. The third-order valence-corrected chi connectivity index (χ3v) is 12.1. The summed E-state index contributed by atoms with van der Waals surface area (Å²) in [6, 6.07) is 86.8. The smallest absolute Gasteiger partial charge is 0.0714 e. The first kappa shape index (κ1) is 33.8. The van der Waals surface area contributed by atoms with Crippen LogP contribution in [0.3, 0.4) is 0 Å². The molecule has 1 aliphatic rings. The SMILES string of the molecule is c1ccc(-c2ccc(-c3ccc(N(c4ccc5c(c4)C(c4ccccc4)(c4ccccc4)c4ccccc4-5)c4ccc5ccc6ccccc6c5c4)cc3)cc2)cc1. The van der Waals surface area contributed by atoms with Crippen LogP contribution < -0.4 is 4.90 Å². The predicted molar refractivity (Wildman–Crippen MR) is 244 cm³/mol. The molecule has 0 N–H and O–H groups in total. The quantitative estimate of drug-likeness (QED) is 0.147. The second kappa shape index (κ2) is 13.9. The Kier molecular flexibility index (Phi) is 8.12. The molecule has 11 rings (SSSR count). The van der Waals surface area contributed by atoms with E-state index in [0.29, 0.717) is 0 Å². The molecule has 1 nitrogen and oxygen atoms in total. The minimum atomic E-state index is -0.495. The fourth-order valence-electron chi connectivity index (χ4n) is 9.44. The van der Waals surface area contributed by atoms with Gasteiger partial charge in [0.05, 0.1) is 5.41 Å². The molecular formula is C57H39N. The number of anilines is 3. The summed E-state index contributed by atoms with van der Waals surface area (Å²) in [4.78, 5) is 2.44. The molecule has 0 atom stereocenters. The van der Waals surface area contributed by atoms with Crippen molar-refractivity contribution in [1.29, 1.82) is 0 Å². The summed E-state index contributed by atoms with van der Waals surface area (Å²) in [6.07, 6.45) is 0. The summed E-state index contributed by atoms with van der Waals surface area (Å²) < 4.78 is 0. The van der Waals surface area contributed by atoms with E-state index in [1.807, 2.05) is 0 Å². The van der Waals surface area contributed by atoms with E-state index in [9.17, 15) is 0 Å². The standard InChI is InChI=1S/C57H39N/c1-4-14-40(15-5-1)41-24-26-42(27-25-41)43-30-33-48(34-31-43)58(49-35-32-45-29-28-44-16-10-11-21-51(44)54(45)38-49)50-36-37-53-52-22-12-13-23-55(52)57(56(53)39-50,46-17-6-2-7-18-46)47-19-8-3-9-20-47/h1-39H. The topological polar surface area (TPSA) is 3.24 Å². The molecule has 0 aromatic heterocycles. The van der Waals surface area contributed by atoms with Gasteiger partial charge in [-0.1, -0.05) is 200 Å². The molecule has 0 saturated carbocycles. The van der Waals surface area contributed by atoms with Gasteiger partial charge in [0.25, 0.3) is 0 Å². The molecule has 1 heteroatoms. The van der Waals surface area contributed by atoms with Gasteiger partial charge in [0.15, 0.2) is 0 Å². The Morgan fingerprint density at radius 2 is 0.724 bits per heavy atom. The number of nitrogens with zero attached hydrogens (tertiary/aromatic N) is 1. The first-order valence-electron chi connectivity index (χ1n) is 20.1. The van der Waals surface area contributed by atoms with Crippen molar-refractivity contribution in [1.82, 2.24) is 0 Å². The van der Waals surface area contributed by atoms with Crippen molar-refractivity contribution >= 4 is 38.6 Å². The monoisotopic (exact) mass is 737 g/mol. The van der Waals surface area contributed by atoms with Gasteiger partial charge >= 0.3 is 0 Å². The molecule has 0 fully saturated rings. The van der Waals surface area contributed by atoms with Crippen LogP contribution in [0.1, 0.15) is 22.3 Å². The average molecular weight is 738 g/mol. The molecule has 0 unspecified atom stereocenters. The summed E-state index contributed by atoms with van der Waals surface area (Å²) in [6.45, 7) is 0. The fourth-order valence-corrected chi connectivity index (χ4v) is 9.44. The van der Waals surface area contributed by atoms with Crippen LogP contribution in [0, 0.1) is 0 Å². The first-order valence-corrected chi connectivity index (χ1v) is 20.1. The zero-order valence-electron chi connectivity index (χ0n) is 32.0. The van der Waals surface area contributed by atoms with E-state index < -0.39 is 5.41 Å². The maximum absolute atomic E-state index is 2.46. The Bertz CT molecular complexity index is 3040. The highest BCUT2D eigenvalue weighted by Gasteiger charge is 2.46. The van der Waals surface area contributed by atoms with Gasteiger partial charge in [-0.25, -0.2) is 0 Å². The number of rotatable bonds is 7. The van der Waals surface area contributed by atoms with Gasteiger partial charge in [-0.05, 0) is 114 Å². The lowest BCUT2D eigenvalue weighted by Gasteiger charge is -2.35. The van der Waals surface area contributed by atoms with Gasteiger partial charge in [-0.15, -0.1) is 0 Å². The third kappa shape index (κ3) is 5.47. The Hall–Kier alpha value is -7.48. The highest BCUT2D eigenvalue weighted by molar-refractivity contribution is 6.09. The van der Waals surface area contributed by atoms with E-state index in [1.54, 1.807) is 0 Å². The van der Waals surface area contributed by atoms with Crippen molar-refractivity contribution in [3.63, 3.8) is 0 Å². The molecule has 58 heavy (non-hydrogen) atoms. The van der Waals surface area contributed by atoms with Gasteiger partial charge < -0.3 is 4.90 Å². The molecule has 10 aromatic carbocycles. The van der Waals surface area contributed by atoms with Crippen molar-refractivity contribution in [3.8, 4) is 33.4 Å². The van der Waals surface area contributed by atoms with Crippen molar-refractivity contribution in [2.24, 2.45) is 0 Å². The molecule has 0 amide bonds. The molecular weight excluding hydrogens is 699 g/mol. The lowest BCUT2D eigenvalue weighted by molar-refractivity contribution is 0.768. The summed E-state index contributed by atoms with van der Waals surface area (Å²) in [5.41, 5.74) is 15.3. The number of hydrogen-bond donors (Lipinski definition) is 0. The minimum absolute atomic E-state index is 0.495. The van der Waals surface area contributed by atoms with Gasteiger partial charge in [-0.3, -0.25) is 0 Å². The highest BCUT2D eigenvalue weighted by Crippen LogP contribution is 2.57. The van der Waals surface area contributed by atoms with E-state index in [1.165, 1.54) is 77.2 Å². The van der Waals surface area contributed by atoms with Crippen LogP contribution in [0.2, 0.25) is 0 Å². The van der Waals surface area contributed by atoms with E-state index in [4.69, 9.17) is 0 Å². The van der Waals surface area contributed by atoms with E-state index in [-0.39, 0.29) is 0 Å². The highest BCUT2D eigenvalue weighted by atomic mass is 15.1. The first-order chi connectivity index (χ1) is 28.8. The molecule has 0 saturated heterocycles. The zero-order valence-corrected chi connectivity index (χ0v) is 32.0. The maximum atomic E-state index is 2.46. The second-order valence-corrected chi connectivity index (χ2v) is 15.3. The molecule has 0 spiro atoms. The largest absolute Gasteiger partial charge is 0.310 e. The molecule has 1 aliphatic carbocycles. The van der Waals surface area contributed by atoms with Crippen LogP contribution in [0.25, 0.3) is 54.9 Å². The Morgan fingerprint density at radius 1 is 0.276 bits per heavy atom. The molecule has 0 radical (unpaired) electrons. The lowest BCUT2D eigenvalue weighted by Crippen LogP contribution is -2.28. The van der Waals surface area contributed by atoms with E-state index in [0.717, 1.165) is 17.1 Å². The van der Waals surface area contributed by atoms with E-state index >= 15 is 0 Å². The number of benzene rings is 10. The summed E-state index contributed by atoms with van der Waals surface area (Å²) in [5.74, 6) is 0. The van der Waals surface area contributed by atoms with Crippen LogP contribution >= 0.6 is 0 Å². The van der Waals surface area contributed by atoms with Crippen LogP contribution in [0.4, 0.5) is 17.1 Å². The van der Waals surface area contributed by atoms with Crippen LogP contribution in [0.5, 0.6) is 0 Å². The lowest BCUT2D eigenvalue weighted by atomic mass is 9.67. The summed E-state index contributed by atoms with van der Waals surface area (Å²) >= 11 is 0. The van der Waals surface area contributed by atoms with Crippen molar-refractivity contribution < 1.29 is 0 Å². The Labute approximate surface area is 339 Å². The average Bonchev–Trinajstić information content (AvgIpc) is 3.60. The van der Waals surface area contributed by atoms with Crippen molar-refractivity contribution in [2.75, 3.05) is 4.90 Å². The molecule has 0 heterocycles. The van der Waals surface area contributed by atoms with Gasteiger partial charge in [0.1, 0.15) is 0 Å². The second-order valence-electron chi connectivity index (χ2n) is 15.3. The zero-order chi connectivity index (χ0) is 38.5. The van der Waals surface area contributed by atoms with Crippen molar-refractivity contribution in [3.05, 3.63) is 259 Å². The van der Waals surface area contributed by atoms with Gasteiger partial charge in [-0.2, -0.15) is 0 Å². The Morgan fingerprint density at radius 3 is 1.40 bits per heavy atom. The molecule has 0 bridgehead atoms. The maximum Gasteiger partial charge on any atom is 0.0714 e. The molecule has 10 aromatic rings. The van der Waals surface area contributed by atoms with Crippen molar-refractivity contribution in [2.45, 2.75) is 5.41 Å². The van der Waals surface area contributed by atoms with E-state index in [2.05, 4.69) is 241 Å². The van der Waals surface area contributed by atoms with Crippen LogP contribution in [0.15, 0.2) is 237 Å². The van der Waals surface area contributed by atoms with Gasteiger partial charge in [0, 0.05) is 17.1 Å². The van der Waals surface area contributed by atoms with Gasteiger partial charge in [0.2, 0.25) is 0 Å². The molecule has 0 aliphatic heterocycles. The predicted octanol–water partition coefficient (Wildman–Crippen LogP) is 15.2. The third-order valence-electron chi connectivity index (χ3n) is 12.1. The number of hydrogen-bond acceptors (Lipinski definition) is 1. The van der Waals surface area contributed by atoms with Crippen LogP contribution in [-0.2, 0) is 5.41 Å². The summed E-state index contributed by atoms with van der Waals surface area (Å²) in [5, 5.41) is 4.97.